The van der Waals surface area contributed by atoms with Gasteiger partial charge in [0.1, 0.15) is 23.0 Å². The van der Waals surface area contributed by atoms with Crippen LogP contribution in [-0.2, 0) is 13.0 Å². The van der Waals surface area contributed by atoms with Gasteiger partial charge in [-0.1, -0.05) is 19.0 Å². The van der Waals surface area contributed by atoms with Crippen molar-refractivity contribution in [3.05, 3.63) is 40.7 Å². The molecule has 1 aliphatic rings. The molecule has 24 heavy (non-hydrogen) atoms. The Bertz CT molecular complexity index is 745. The molecule has 2 aromatic rings. The number of carbonyl (C=O) groups is 1. The Kier molecular flexibility index (Phi) is 4.15. The van der Waals surface area contributed by atoms with Crippen LogP contribution in [0.15, 0.2) is 21.1 Å². The fourth-order valence-corrected chi connectivity index (χ4v) is 3.38. The molecule has 1 N–H and O–H groups in total. The summed E-state index contributed by atoms with van der Waals surface area (Å²) in [6.07, 6.45) is 1.79. The average molecular weight is 331 g/mol. The van der Waals surface area contributed by atoms with Gasteiger partial charge in [0.25, 0.3) is 0 Å². The normalized spacial score (nSPS) is 19.0. The summed E-state index contributed by atoms with van der Waals surface area (Å²) in [5, 5.41) is 7.08. The van der Waals surface area contributed by atoms with E-state index in [0.29, 0.717) is 6.54 Å². The molecule has 1 atom stereocenters. The number of furan rings is 1. The Labute approximate surface area is 142 Å². The summed E-state index contributed by atoms with van der Waals surface area (Å²) in [6, 6.07) is 3.72. The summed E-state index contributed by atoms with van der Waals surface area (Å²) in [7, 11) is 1.76. The summed E-state index contributed by atoms with van der Waals surface area (Å²) in [6.45, 7) is 8.60. The van der Waals surface area contributed by atoms with Gasteiger partial charge in [-0.3, -0.25) is 0 Å². The molecule has 2 amide bonds. The fraction of sp³-hybridized carbons (Fsp3) is 0.556. The van der Waals surface area contributed by atoms with Crippen molar-refractivity contribution in [2.75, 3.05) is 7.05 Å². The first-order valence-electron chi connectivity index (χ1n) is 8.26. The third-order valence-electron chi connectivity index (χ3n) is 4.46. The van der Waals surface area contributed by atoms with Crippen LogP contribution in [0.2, 0.25) is 0 Å². The zero-order chi connectivity index (χ0) is 17.5. The second kappa shape index (κ2) is 6.00. The molecule has 130 valence electrons. The standard InChI is InChI=1S/C18H25N3O3/c1-11-7-14-15(8-18(3,4)9-16(14)23-11)19-17(22)21(5)10-13-6-12(2)24-20-13/h6-7,15H,8-10H2,1-5H3,(H,19,22)/t15-/m0/s1. The lowest BCUT2D eigenvalue weighted by Crippen LogP contribution is -2.42. The minimum atomic E-state index is -0.122. The maximum atomic E-state index is 12.6. The van der Waals surface area contributed by atoms with Gasteiger partial charge >= 0.3 is 6.03 Å². The number of amides is 2. The van der Waals surface area contributed by atoms with E-state index in [1.54, 1.807) is 11.9 Å². The van der Waals surface area contributed by atoms with E-state index in [0.717, 1.165) is 41.4 Å². The van der Waals surface area contributed by atoms with Crippen LogP contribution in [0.4, 0.5) is 4.79 Å². The number of aryl methyl sites for hydroxylation is 2. The average Bonchev–Trinajstić information content (AvgIpc) is 3.02. The number of nitrogens with zero attached hydrogens (tertiary/aromatic N) is 2. The predicted octanol–water partition coefficient (Wildman–Crippen LogP) is 3.74. The van der Waals surface area contributed by atoms with Gasteiger partial charge < -0.3 is 19.2 Å². The molecule has 0 radical (unpaired) electrons. The van der Waals surface area contributed by atoms with E-state index in [9.17, 15) is 4.79 Å². The molecule has 6 nitrogen and oxygen atoms in total. The van der Waals surface area contributed by atoms with Crippen LogP contribution in [0.3, 0.4) is 0 Å². The van der Waals surface area contributed by atoms with E-state index in [1.807, 2.05) is 26.0 Å². The first-order valence-corrected chi connectivity index (χ1v) is 8.26. The number of rotatable bonds is 3. The number of fused-ring (bicyclic) bond motifs is 1. The Morgan fingerprint density at radius 2 is 2.12 bits per heavy atom. The van der Waals surface area contributed by atoms with E-state index in [4.69, 9.17) is 8.94 Å². The number of hydrogen-bond donors (Lipinski definition) is 1. The number of aromatic nitrogens is 1. The Hall–Kier alpha value is -2.24. The van der Waals surface area contributed by atoms with E-state index in [2.05, 4.69) is 24.3 Å². The van der Waals surface area contributed by atoms with E-state index in [-0.39, 0.29) is 17.5 Å². The summed E-state index contributed by atoms with van der Waals surface area (Å²) < 4.78 is 10.9. The molecule has 6 heteroatoms. The number of carbonyl (C=O) groups excluding carboxylic acids is 1. The van der Waals surface area contributed by atoms with Gasteiger partial charge in [-0.25, -0.2) is 4.79 Å². The summed E-state index contributed by atoms with van der Waals surface area (Å²) in [5.41, 5.74) is 1.94. The van der Waals surface area contributed by atoms with Crippen LogP contribution in [0.25, 0.3) is 0 Å². The lowest BCUT2D eigenvalue weighted by Gasteiger charge is -2.35. The molecular formula is C18H25N3O3. The van der Waals surface area contributed by atoms with Crippen LogP contribution in [0.1, 0.15) is 54.8 Å². The largest absolute Gasteiger partial charge is 0.466 e. The van der Waals surface area contributed by atoms with E-state index in [1.165, 1.54) is 0 Å². The Morgan fingerprint density at radius 3 is 2.79 bits per heavy atom. The third-order valence-corrected chi connectivity index (χ3v) is 4.46. The van der Waals surface area contributed by atoms with Crippen LogP contribution in [0, 0.1) is 19.3 Å². The van der Waals surface area contributed by atoms with Crippen LogP contribution in [0.5, 0.6) is 0 Å². The van der Waals surface area contributed by atoms with Crippen molar-refractivity contribution in [1.29, 1.82) is 0 Å². The van der Waals surface area contributed by atoms with Gasteiger partial charge in [0.15, 0.2) is 0 Å². The predicted molar refractivity (Wildman–Crippen MR) is 89.5 cm³/mol. The van der Waals surface area contributed by atoms with Gasteiger partial charge in [0.05, 0.1) is 12.6 Å². The summed E-state index contributed by atoms with van der Waals surface area (Å²) in [4.78, 5) is 14.2. The van der Waals surface area contributed by atoms with Crippen molar-refractivity contribution in [2.45, 2.75) is 53.1 Å². The van der Waals surface area contributed by atoms with Crippen molar-refractivity contribution >= 4 is 6.03 Å². The second-order valence-corrected chi connectivity index (χ2v) is 7.57. The second-order valence-electron chi connectivity index (χ2n) is 7.57. The van der Waals surface area contributed by atoms with Crippen molar-refractivity contribution in [3.63, 3.8) is 0 Å². The molecule has 0 aliphatic heterocycles. The highest BCUT2D eigenvalue weighted by Crippen LogP contribution is 2.42. The molecule has 2 aromatic heterocycles. The molecular weight excluding hydrogens is 306 g/mol. The highest BCUT2D eigenvalue weighted by Gasteiger charge is 2.36. The maximum absolute atomic E-state index is 12.6. The molecule has 0 aromatic carbocycles. The first-order chi connectivity index (χ1) is 11.2. The van der Waals surface area contributed by atoms with Crippen LogP contribution in [-0.4, -0.2) is 23.1 Å². The number of urea groups is 1. The molecule has 0 unspecified atom stereocenters. The topological polar surface area (TPSA) is 71.5 Å². The zero-order valence-electron chi connectivity index (χ0n) is 15.0. The molecule has 0 spiro atoms. The Balaban J connectivity index is 1.71. The first kappa shape index (κ1) is 16.6. The molecule has 0 bridgehead atoms. The molecule has 3 rings (SSSR count). The van der Waals surface area contributed by atoms with Crippen molar-refractivity contribution in [3.8, 4) is 0 Å². The zero-order valence-corrected chi connectivity index (χ0v) is 15.0. The number of hydrogen-bond acceptors (Lipinski definition) is 4. The monoisotopic (exact) mass is 331 g/mol. The molecule has 0 fully saturated rings. The fourth-order valence-electron chi connectivity index (χ4n) is 3.38. The summed E-state index contributed by atoms with van der Waals surface area (Å²) in [5.74, 6) is 2.62. The van der Waals surface area contributed by atoms with Gasteiger partial charge in [0.2, 0.25) is 0 Å². The smallest absolute Gasteiger partial charge is 0.317 e. The van der Waals surface area contributed by atoms with Crippen LogP contribution >= 0.6 is 0 Å². The third kappa shape index (κ3) is 3.47. The van der Waals surface area contributed by atoms with Gasteiger partial charge in [-0.05, 0) is 31.7 Å². The van der Waals surface area contributed by atoms with Crippen LogP contribution < -0.4 is 5.32 Å². The highest BCUT2D eigenvalue weighted by molar-refractivity contribution is 5.74. The minimum Gasteiger partial charge on any atom is -0.466 e. The minimum absolute atomic E-state index is 0.0322. The SMILES string of the molecule is Cc1cc(CN(C)C(=O)N[C@H]2CC(C)(C)Cc3oc(C)cc32)no1. The van der Waals surface area contributed by atoms with Crippen molar-refractivity contribution < 1.29 is 13.7 Å². The Morgan fingerprint density at radius 1 is 1.38 bits per heavy atom. The highest BCUT2D eigenvalue weighted by atomic mass is 16.5. The van der Waals surface area contributed by atoms with E-state index >= 15 is 0 Å². The molecule has 0 saturated carbocycles. The van der Waals surface area contributed by atoms with Gasteiger partial charge in [0, 0.05) is 25.1 Å². The summed E-state index contributed by atoms with van der Waals surface area (Å²) >= 11 is 0. The molecule has 2 heterocycles. The molecule has 0 saturated heterocycles. The lowest BCUT2D eigenvalue weighted by molar-refractivity contribution is 0.187. The molecule has 1 aliphatic carbocycles. The van der Waals surface area contributed by atoms with Crippen molar-refractivity contribution in [1.82, 2.24) is 15.4 Å². The van der Waals surface area contributed by atoms with Crippen molar-refractivity contribution in [2.24, 2.45) is 5.41 Å². The van der Waals surface area contributed by atoms with E-state index < -0.39 is 0 Å². The van der Waals surface area contributed by atoms with Gasteiger partial charge in [-0.2, -0.15) is 0 Å². The maximum Gasteiger partial charge on any atom is 0.317 e. The number of nitrogens with one attached hydrogen (secondary N) is 1. The lowest BCUT2D eigenvalue weighted by atomic mass is 9.75. The quantitative estimate of drug-likeness (QED) is 0.930. The van der Waals surface area contributed by atoms with Gasteiger partial charge in [-0.15, -0.1) is 0 Å².